The zero-order valence-electron chi connectivity index (χ0n) is 12.2. The molecule has 5 heteroatoms. The number of unbranched alkanes of at least 4 members (excludes halogenated alkanes) is 1. The van der Waals surface area contributed by atoms with Crippen LogP contribution in [0.3, 0.4) is 0 Å². The Labute approximate surface area is 128 Å². The Morgan fingerprint density at radius 3 is 2.81 bits per heavy atom. The largest absolute Gasteiger partial charge is 0.325 e. The van der Waals surface area contributed by atoms with Crippen LogP contribution in [-0.4, -0.2) is 15.9 Å². The maximum absolute atomic E-state index is 5.98. The number of anilines is 2. The third kappa shape index (κ3) is 2.66. The highest BCUT2D eigenvalue weighted by molar-refractivity contribution is 7.15. The number of para-hydroxylation sites is 1. The summed E-state index contributed by atoms with van der Waals surface area (Å²) in [5, 5.41) is 2.05. The predicted octanol–water partition coefficient (Wildman–Crippen LogP) is 3.79. The molecule has 0 amide bonds. The van der Waals surface area contributed by atoms with Gasteiger partial charge in [0.2, 0.25) is 0 Å². The molecule has 1 aromatic carbocycles. The third-order valence-electron chi connectivity index (χ3n) is 3.59. The van der Waals surface area contributed by atoms with E-state index in [2.05, 4.69) is 40.5 Å². The fraction of sp³-hybridized carbons (Fsp3) is 0.312. The molecule has 0 saturated carbocycles. The SMILES string of the molecule is CCCCN(c1ccccc1)c1nc2sccn2c1CN. The van der Waals surface area contributed by atoms with Gasteiger partial charge in [0.1, 0.15) is 0 Å². The number of rotatable bonds is 6. The van der Waals surface area contributed by atoms with Gasteiger partial charge in [-0.15, -0.1) is 11.3 Å². The van der Waals surface area contributed by atoms with Crippen LogP contribution in [0.2, 0.25) is 0 Å². The summed E-state index contributed by atoms with van der Waals surface area (Å²) < 4.78 is 2.10. The van der Waals surface area contributed by atoms with Gasteiger partial charge >= 0.3 is 0 Å². The molecular formula is C16H20N4S. The monoisotopic (exact) mass is 300 g/mol. The van der Waals surface area contributed by atoms with E-state index in [0.29, 0.717) is 6.54 Å². The molecule has 3 aromatic rings. The minimum Gasteiger partial charge on any atom is -0.325 e. The number of thiazole rings is 1. The van der Waals surface area contributed by atoms with E-state index in [4.69, 9.17) is 10.7 Å². The zero-order chi connectivity index (χ0) is 14.7. The van der Waals surface area contributed by atoms with Crippen LogP contribution < -0.4 is 10.6 Å². The van der Waals surface area contributed by atoms with Crippen LogP contribution in [0, 0.1) is 0 Å². The molecular weight excluding hydrogens is 280 g/mol. The van der Waals surface area contributed by atoms with E-state index < -0.39 is 0 Å². The molecule has 2 aromatic heterocycles. The van der Waals surface area contributed by atoms with Gasteiger partial charge in [0.05, 0.1) is 5.69 Å². The lowest BCUT2D eigenvalue weighted by Crippen LogP contribution is -2.21. The van der Waals surface area contributed by atoms with Crippen molar-refractivity contribution >= 4 is 27.8 Å². The standard InChI is InChI=1S/C16H20N4S/c1-2-3-9-19(13-7-5-4-6-8-13)15-14(12-17)20-10-11-21-16(20)18-15/h4-8,10-11H,2-3,9,12,17H2,1H3. The summed E-state index contributed by atoms with van der Waals surface area (Å²) in [6.45, 7) is 3.65. The quantitative estimate of drug-likeness (QED) is 0.753. The van der Waals surface area contributed by atoms with Gasteiger partial charge in [-0.2, -0.15) is 0 Å². The second-order valence-corrected chi connectivity index (χ2v) is 5.86. The molecule has 0 spiro atoms. The average molecular weight is 300 g/mol. The number of benzene rings is 1. The van der Waals surface area contributed by atoms with Crippen LogP contribution in [0.15, 0.2) is 41.9 Å². The molecule has 4 nitrogen and oxygen atoms in total. The van der Waals surface area contributed by atoms with Crippen LogP contribution in [0.1, 0.15) is 25.5 Å². The van der Waals surface area contributed by atoms with Crippen molar-refractivity contribution in [2.45, 2.75) is 26.3 Å². The molecule has 0 bridgehead atoms. The topological polar surface area (TPSA) is 46.6 Å². The summed E-state index contributed by atoms with van der Waals surface area (Å²) in [7, 11) is 0. The number of fused-ring (bicyclic) bond motifs is 1. The molecule has 3 rings (SSSR count). The molecule has 0 fully saturated rings. The molecule has 0 saturated heterocycles. The second-order valence-electron chi connectivity index (χ2n) is 4.98. The Bertz CT molecular complexity index is 701. The average Bonchev–Trinajstić information content (AvgIpc) is 3.09. The molecule has 2 heterocycles. The van der Waals surface area contributed by atoms with E-state index in [1.807, 2.05) is 17.6 Å². The summed E-state index contributed by atoms with van der Waals surface area (Å²) in [4.78, 5) is 8.09. The fourth-order valence-corrected chi connectivity index (χ4v) is 3.24. The highest BCUT2D eigenvalue weighted by atomic mass is 32.1. The number of imidazole rings is 1. The number of aromatic nitrogens is 2. The van der Waals surface area contributed by atoms with Gasteiger partial charge in [-0.1, -0.05) is 31.5 Å². The van der Waals surface area contributed by atoms with Crippen LogP contribution in [-0.2, 0) is 6.54 Å². The van der Waals surface area contributed by atoms with Crippen LogP contribution in [0.25, 0.3) is 4.96 Å². The van der Waals surface area contributed by atoms with E-state index in [0.717, 1.165) is 35.9 Å². The van der Waals surface area contributed by atoms with Crippen molar-refractivity contribution in [3.05, 3.63) is 47.6 Å². The summed E-state index contributed by atoms with van der Waals surface area (Å²) in [6.07, 6.45) is 4.33. The first kappa shape index (κ1) is 14.1. The zero-order valence-corrected chi connectivity index (χ0v) is 13.0. The van der Waals surface area contributed by atoms with Crippen molar-refractivity contribution < 1.29 is 0 Å². The summed E-state index contributed by atoms with van der Waals surface area (Å²) in [5.41, 5.74) is 8.23. The molecule has 0 unspecified atom stereocenters. The predicted molar refractivity (Wildman–Crippen MR) is 89.3 cm³/mol. The molecule has 110 valence electrons. The van der Waals surface area contributed by atoms with Crippen molar-refractivity contribution in [2.75, 3.05) is 11.4 Å². The van der Waals surface area contributed by atoms with Gasteiger partial charge in [0, 0.05) is 30.4 Å². The second kappa shape index (κ2) is 6.28. The molecule has 0 aliphatic heterocycles. The minimum atomic E-state index is 0.489. The molecule has 0 aliphatic rings. The number of hydrogen-bond acceptors (Lipinski definition) is 4. The highest BCUT2D eigenvalue weighted by Crippen LogP contribution is 2.30. The Balaban J connectivity index is 2.07. The smallest absolute Gasteiger partial charge is 0.195 e. The Morgan fingerprint density at radius 1 is 1.29 bits per heavy atom. The van der Waals surface area contributed by atoms with Crippen molar-refractivity contribution in [1.82, 2.24) is 9.38 Å². The van der Waals surface area contributed by atoms with Crippen molar-refractivity contribution in [1.29, 1.82) is 0 Å². The Hall–Kier alpha value is -1.85. The number of nitrogens with two attached hydrogens (primary N) is 1. The third-order valence-corrected chi connectivity index (χ3v) is 4.35. The van der Waals surface area contributed by atoms with E-state index in [9.17, 15) is 0 Å². The number of hydrogen-bond donors (Lipinski definition) is 1. The van der Waals surface area contributed by atoms with Gasteiger partial charge in [0.25, 0.3) is 0 Å². The van der Waals surface area contributed by atoms with Gasteiger partial charge in [-0.05, 0) is 18.6 Å². The van der Waals surface area contributed by atoms with Crippen LogP contribution >= 0.6 is 11.3 Å². The molecule has 0 radical (unpaired) electrons. The van der Waals surface area contributed by atoms with E-state index >= 15 is 0 Å². The summed E-state index contributed by atoms with van der Waals surface area (Å²) in [6, 6.07) is 10.4. The first-order chi connectivity index (χ1) is 10.3. The van der Waals surface area contributed by atoms with Crippen molar-refractivity contribution in [3.8, 4) is 0 Å². The first-order valence-electron chi connectivity index (χ1n) is 7.32. The summed E-state index contributed by atoms with van der Waals surface area (Å²) >= 11 is 1.64. The maximum atomic E-state index is 5.98. The normalized spacial score (nSPS) is 11.1. The van der Waals surface area contributed by atoms with Gasteiger partial charge in [-0.3, -0.25) is 4.40 Å². The van der Waals surface area contributed by atoms with E-state index in [-0.39, 0.29) is 0 Å². The molecule has 0 atom stereocenters. The Morgan fingerprint density at radius 2 is 2.10 bits per heavy atom. The van der Waals surface area contributed by atoms with Crippen LogP contribution in [0.4, 0.5) is 11.5 Å². The lowest BCUT2D eigenvalue weighted by Gasteiger charge is -2.23. The van der Waals surface area contributed by atoms with Gasteiger partial charge < -0.3 is 10.6 Å². The molecule has 2 N–H and O–H groups in total. The highest BCUT2D eigenvalue weighted by Gasteiger charge is 2.19. The Kier molecular flexibility index (Phi) is 4.22. The minimum absolute atomic E-state index is 0.489. The van der Waals surface area contributed by atoms with E-state index in [1.54, 1.807) is 11.3 Å². The summed E-state index contributed by atoms with van der Waals surface area (Å²) in [5.74, 6) is 0.990. The lowest BCUT2D eigenvalue weighted by molar-refractivity contribution is 0.776. The van der Waals surface area contributed by atoms with Crippen molar-refractivity contribution in [2.24, 2.45) is 5.73 Å². The van der Waals surface area contributed by atoms with E-state index in [1.165, 1.54) is 5.69 Å². The van der Waals surface area contributed by atoms with Gasteiger partial charge in [0.15, 0.2) is 10.8 Å². The van der Waals surface area contributed by atoms with Crippen molar-refractivity contribution in [3.63, 3.8) is 0 Å². The van der Waals surface area contributed by atoms with Crippen LogP contribution in [0.5, 0.6) is 0 Å². The number of nitrogens with zero attached hydrogens (tertiary/aromatic N) is 3. The molecule has 0 aliphatic carbocycles. The first-order valence-corrected chi connectivity index (χ1v) is 8.20. The fourth-order valence-electron chi connectivity index (χ4n) is 2.51. The maximum Gasteiger partial charge on any atom is 0.195 e. The lowest BCUT2D eigenvalue weighted by atomic mass is 10.2. The van der Waals surface area contributed by atoms with Gasteiger partial charge in [-0.25, -0.2) is 4.98 Å². The molecule has 21 heavy (non-hydrogen) atoms.